The molecule has 0 fully saturated rings. The molecule has 2 aromatic heterocycles. The fraction of sp³-hybridized carbons (Fsp3) is 0.455. The first-order chi connectivity index (χ1) is 14.0. The molecule has 0 unspecified atom stereocenters. The van der Waals surface area contributed by atoms with E-state index in [9.17, 15) is 4.79 Å². The van der Waals surface area contributed by atoms with Gasteiger partial charge in [-0.15, -0.1) is 10.2 Å². The van der Waals surface area contributed by atoms with Gasteiger partial charge in [-0.05, 0) is 39.2 Å². The second kappa shape index (κ2) is 8.19. The highest BCUT2D eigenvalue weighted by molar-refractivity contribution is 5.76. The second-order valence-electron chi connectivity index (χ2n) is 7.81. The molecule has 1 aliphatic heterocycles. The molecule has 7 heteroatoms. The topological polar surface area (TPSA) is 77.1 Å². The third-order valence-electron chi connectivity index (χ3n) is 5.70. The van der Waals surface area contributed by atoms with Gasteiger partial charge < -0.3 is 14.0 Å². The molecule has 152 valence electrons. The first kappa shape index (κ1) is 19.4. The zero-order valence-electron chi connectivity index (χ0n) is 17.3. The first-order valence-electron chi connectivity index (χ1n) is 10.2. The predicted octanol–water partition coefficient (Wildman–Crippen LogP) is 3.20. The summed E-state index contributed by atoms with van der Waals surface area (Å²) in [5, 5.41) is 12.8. The summed E-state index contributed by atoms with van der Waals surface area (Å²) >= 11 is 0. The highest BCUT2D eigenvalue weighted by Crippen LogP contribution is 2.23. The summed E-state index contributed by atoms with van der Waals surface area (Å²) in [5.74, 6) is 2.80. The molecule has 0 radical (unpaired) electrons. The minimum Gasteiger partial charge on any atom is -0.361 e. The van der Waals surface area contributed by atoms with E-state index in [0.29, 0.717) is 25.9 Å². The smallest absolute Gasteiger partial charge is 0.223 e. The van der Waals surface area contributed by atoms with E-state index in [-0.39, 0.29) is 11.9 Å². The van der Waals surface area contributed by atoms with Crippen molar-refractivity contribution in [2.24, 2.45) is 0 Å². The van der Waals surface area contributed by atoms with E-state index in [0.717, 1.165) is 41.5 Å². The minimum atomic E-state index is 0.136. The van der Waals surface area contributed by atoms with E-state index in [4.69, 9.17) is 4.52 Å². The van der Waals surface area contributed by atoms with Crippen LogP contribution in [0.3, 0.4) is 0 Å². The van der Waals surface area contributed by atoms with Crippen LogP contribution in [0.1, 0.15) is 53.6 Å². The van der Waals surface area contributed by atoms with Crippen molar-refractivity contribution in [2.45, 2.75) is 59.0 Å². The summed E-state index contributed by atoms with van der Waals surface area (Å²) in [5.41, 5.74) is 3.20. The Morgan fingerprint density at radius 1 is 1.14 bits per heavy atom. The van der Waals surface area contributed by atoms with Gasteiger partial charge in [0.1, 0.15) is 11.6 Å². The van der Waals surface area contributed by atoms with Crippen molar-refractivity contribution in [3.8, 4) is 0 Å². The largest absolute Gasteiger partial charge is 0.361 e. The van der Waals surface area contributed by atoms with Crippen LogP contribution >= 0.6 is 0 Å². The van der Waals surface area contributed by atoms with Gasteiger partial charge in [0.15, 0.2) is 5.82 Å². The van der Waals surface area contributed by atoms with Gasteiger partial charge in [-0.3, -0.25) is 4.79 Å². The lowest BCUT2D eigenvalue weighted by Gasteiger charge is -2.32. The molecule has 3 aromatic rings. The summed E-state index contributed by atoms with van der Waals surface area (Å²) in [6.07, 6.45) is 2.89. The fourth-order valence-corrected chi connectivity index (χ4v) is 4.12. The van der Waals surface area contributed by atoms with Gasteiger partial charge in [0.25, 0.3) is 0 Å². The average Bonchev–Trinajstić information content (AvgIpc) is 3.28. The highest BCUT2D eigenvalue weighted by atomic mass is 16.5. The molecule has 7 nitrogen and oxygen atoms in total. The van der Waals surface area contributed by atoms with Crippen molar-refractivity contribution in [3.63, 3.8) is 0 Å². The van der Waals surface area contributed by atoms with E-state index >= 15 is 0 Å². The number of carbonyl (C=O) groups excluding carboxylic acids is 1. The number of hydrogen-bond donors (Lipinski definition) is 0. The first-order valence-corrected chi connectivity index (χ1v) is 10.2. The van der Waals surface area contributed by atoms with Crippen molar-refractivity contribution >= 4 is 5.91 Å². The normalized spacial score (nSPS) is 16.1. The molecule has 0 bridgehead atoms. The molecule has 0 aliphatic carbocycles. The Hall–Kier alpha value is -2.96. The number of nitrogens with zero attached hydrogens (tertiary/aromatic N) is 5. The number of amides is 1. The molecule has 0 spiro atoms. The van der Waals surface area contributed by atoms with E-state index in [2.05, 4.69) is 51.1 Å². The molecule has 1 aromatic carbocycles. The lowest BCUT2D eigenvalue weighted by atomic mass is 10.1. The maximum atomic E-state index is 12.8. The van der Waals surface area contributed by atoms with Crippen LogP contribution in [0.2, 0.25) is 0 Å². The van der Waals surface area contributed by atoms with Crippen LogP contribution in [-0.2, 0) is 30.6 Å². The number of fused-ring (bicyclic) bond motifs is 1. The summed E-state index contributed by atoms with van der Waals surface area (Å²) in [6.45, 7) is 7.14. The fourth-order valence-electron chi connectivity index (χ4n) is 4.12. The number of rotatable bonds is 6. The zero-order valence-corrected chi connectivity index (χ0v) is 17.3. The Balaban J connectivity index is 1.39. The van der Waals surface area contributed by atoms with Crippen LogP contribution in [-0.4, -0.2) is 37.3 Å². The van der Waals surface area contributed by atoms with E-state index in [1.807, 2.05) is 24.8 Å². The third kappa shape index (κ3) is 4.09. The summed E-state index contributed by atoms with van der Waals surface area (Å²) in [4.78, 5) is 14.7. The SMILES string of the molecule is Cc1noc(C)c1CCC(=O)N1Cc2nnc(CCc3ccccc3)n2[C@@H](C)C1. The number of hydrogen-bond acceptors (Lipinski definition) is 5. The maximum absolute atomic E-state index is 12.8. The van der Waals surface area contributed by atoms with Crippen molar-refractivity contribution in [1.29, 1.82) is 0 Å². The number of benzene rings is 1. The summed E-state index contributed by atoms with van der Waals surface area (Å²) in [7, 11) is 0. The van der Waals surface area contributed by atoms with Gasteiger partial charge in [0, 0.05) is 24.9 Å². The lowest BCUT2D eigenvalue weighted by molar-refractivity contribution is -0.133. The van der Waals surface area contributed by atoms with Gasteiger partial charge >= 0.3 is 0 Å². The zero-order chi connectivity index (χ0) is 20.4. The standard InChI is InChI=1S/C22H27N5O2/c1-15-13-26(22(28)12-10-19-16(2)25-29-17(19)3)14-21-24-23-20(27(15)21)11-9-18-7-5-4-6-8-18/h4-8,15H,9-14H2,1-3H3/t15-/m0/s1. The molecule has 0 N–H and O–H groups in total. The molecule has 1 amide bonds. The number of aryl methyl sites for hydroxylation is 4. The maximum Gasteiger partial charge on any atom is 0.223 e. The summed E-state index contributed by atoms with van der Waals surface area (Å²) in [6, 6.07) is 10.6. The number of aromatic nitrogens is 4. The molecular formula is C22H27N5O2. The quantitative estimate of drug-likeness (QED) is 0.643. The summed E-state index contributed by atoms with van der Waals surface area (Å²) < 4.78 is 7.41. The van der Waals surface area contributed by atoms with Crippen LogP contribution in [0.15, 0.2) is 34.9 Å². The molecule has 0 saturated carbocycles. The van der Waals surface area contributed by atoms with E-state index in [1.54, 1.807) is 0 Å². The molecule has 1 atom stereocenters. The molecule has 4 rings (SSSR count). The van der Waals surface area contributed by atoms with Gasteiger partial charge in [0.05, 0.1) is 18.3 Å². The van der Waals surface area contributed by atoms with Crippen molar-refractivity contribution < 1.29 is 9.32 Å². The van der Waals surface area contributed by atoms with Crippen LogP contribution < -0.4 is 0 Å². The molecular weight excluding hydrogens is 366 g/mol. The van der Waals surface area contributed by atoms with Gasteiger partial charge in [0.2, 0.25) is 5.91 Å². The Bertz CT molecular complexity index is 973. The second-order valence-corrected chi connectivity index (χ2v) is 7.81. The average molecular weight is 393 g/mol. The van der Waals surface area contributed by atoms with Crippen LogP contribution in [0, 0.1) is 13.8 Å². The van der Waals surface area contributed by atoms with Crippen molar-refractivity contribution in [3.05, 3.63) is 64.6 Å². The van der Waals surface area contributed by atoms with Crippen molar-refractivity contribution in [2.75, 3.05) is 6.54 Å². The Kier molecular flexibility index (Phi) is 5.47. The Morgan fingerprint density at radius 2 is 1.93 bits per heavy atom. The van der Waals surface area contributed by atoms with Crippen molar-refractivity contribution in [1.82, 2.24) is 24.8 Å². The minimum absolute atomic E-state index is 0.136. The Labute approximate surface area is 170 Å². The molecule has 3 heterocycles. The van der Waals surface area contributed by atoms with Gasteiger partial charge in [-0.1, -0.05) is 35.5 Å². The van der Waals surface area contributed by atoms with E-state index in [1.165, 1.54) is 5.56 Å². The predicted molar refractivity (Wildman–Crippen MR) is 108 cm³/mol. The lowest BCUT2D eigenvalue weighted by Crippen LogP contribution is -2.41. The van der Waals surface area contributed by atoms with Gasteiger partial charge in [-0.25, -0.2) is 0 Å². The van der Waals surface area contributed by atoms with E-state index < -0.39 is 0 Å². The monoisotopic (exact) mass is 393 g/mol. The van der Waals surface area contributed by atoms with Crippen LogP contribution in [0.25, 0.3) is 0 Å². The molecule has 0 saturated heterocycles. The Morgan fingerprint density at radius 3 is 2.66 bits per heavy atom. The van der Waals surface area contributed by atoms with Crippen LogP contribution in [0.5, 0.6) is 0 Å². The molecule has 1 aliphatic rings. The molecule has 29 heavy (non-hydrogen) atoms. The van der Waals surface area contributed by atoms with Gasteiger partial charge in [-0.2, -0.15) is 0 Å². The third-order valence-corrected chi connectivity index (χ3v) is 5.70. The number of carbonyl (C=O) groups is 1. The van der Waals surface area contributed by atoms with Crippen LogP contribution in [0.4, 0.5) is 0 Å². The highest BCUT2D eigenvalue weighted by Gasteiger charge is 2.29.